The fraction of sp³-hybridized carbons (Fsp3) is 0.312. The summed E-state index contributed by atoms with van der Waals surface area (Å²) >= 11 is 0. The van der Waals surface area contributed by atoms with E-state index in [0.29, 0.717) is 5.39 Å². The van der Waals surface area contributed by atoms with Crippen LogP contribution in [0.2, 0.25) is 0 Å². The molecule has 0 saturated carbocycles. The second-order valence-electron chi connectivity index (χ2n) is 5.22. The zero-order chi connectivity index (χ0) is 16.2. The Balaban J connectivity index is 2.50. The highest BCUT2D eigenvalue weighted by atomic mass is 32.2. The molecular weight excluding hydrogens is 298 g/mol. The maximum absolute atomic E-state index is 12.5. The smallest absolute Gasteiger partial charge is 0.277 e. The number of anilines is 1. The Labute approximate surface area is 131 Å². The van der Waals surface area contributed by atoms with Gasteiger partial charge in [0.15, 0.2) is 0 Å². The number of hydrazone groups is 1. The first kappa shape index (κ1) is 16.3. The number of hydrogen-bond acceptors (Lipinski definition) is 4. The van der Waals surface area contributed by atoms with Gasteiger partial charge in [-0.05, 0) is 18.6 Å². The molecule has 0 aromatic heterocycles. The molecule has 0 radical (unpaired) electrons. The summed E-state index contributed by atoms with van der Waals surface area (Å²) in [5, 5.41) is 5.38. The summed E-state index contributed by atoms with van der Waals surface area (Å²) in [4.78, 5) is 4.48. The predicted octanol–water partition coefficient (Wildman–Crippen LogP) is 2.97. The highest BCUT2D eigenvalue weighted by Crippen LogP contribution is 2.29. The molecule has 0 saturated heterocycles. The molecule has 6 heteroatoms. The van der Waals surface area contributed by atoms with Crippen molar-refractivity contribution >= 4 is 32.7 Å². The summed E-state index contributed by atoms with van der Waals surface area (Å²) < 4.78 is 24.9. The third-order valence-corrected chi connectivity index (χ3v) is 4.59. The molecule has 2 rings (SSSR count). The van der Waals surface area contributed by atoms with Gasteiger partial charge in [0.05, 0.1) is 4.90 Å². The SMILES string of the molecule is CCCC=NNS(=O)(=O)c1cccc2c(N(C)C)cccc12. The summed E-state index contributed by atoms with van der Waals surface area (Å²) in [5.74, 6) is 0. The number of nitrogens with one attached hydrogen (secondary N) is 1. The third-order valence-electron chi connectivity index (χ3n) is 3.31. The van der Waals surface area contributed by atoms with Gasteiger partial charge in [0, 0.05) is 36.8 Å². The first-order valence-electron chi connectivity index (χ1n) is 7.19. The Morgan fingerprint density at radius 1 is 1.14 bits per heavy atom. The lowest BCUT2D eigenvalue weighted by Crippen LogP contribution is -2.18. The molecule has 0 unspecified atom stereocenters. The molecule has 2 aromatic carbocycles. The van der Waals surface area contributed by atoms with Gasteiger partial charge in [0.25, 0.3) is 10.0 Å². The molecule has 22 heavy (non-hydrogen) atoms. The Kier molecular flexibility index (Phi) is 5.03. The van der Waals surface area contributed by atoms with Crippen LogP contribution in [0.15, 0.2) is 46.4 Å². The number of fused-ring (bicyclic) bond motifs is 1. The summed E-state index contributed by atoms with van der Waals surface area (Å²) in [6, 6.07) is 10.9. The molecule has 2 aromatic rings. The Bertz CT molecular complexity index is 783. The number of sulfonamides is 1. The molecule has 0 bridgehead atoms. The van der Waals surface area contributed by atoms with E-state index in [9.17, 15) is 8.42 Å². The van der Waals surface area contributed by atoms with E-state index in [-0.39, 0.29) is 4.90 Å². The molecule has 0 aliphatic rings. The Morgan fingerprint density at radius 3 is 2.50 bits per heavy atom. The van der Waals surface area contributed by atoms with Crippen LogP contribution in [0.25, 0.3) is 10.8 Å². The highest BCUT2D eigenvalue weighted by Gasteiger charge is 2.17. The number of hydrogen-bond donors (Lipinski definition) is 1. The first-order valence-corrected chi connectivity index (χ1v) is 8.68. The van der Waals surface area contributed by atoms with Gasteiger partial charge >= 0.3 is 0 Å². The van der Waals surface area contributed by atoms with Crippen molar-refractivity contribution in [2.75, 3.05) is 19.0 Å². The zero-order valence-corrected chi connectivity index (χ0v) is 13.9. The topological polar surface area (TPSA) is 61.8 Å². The Morgan fingerprint density at radius 2 is 1.82 bits per heavy atom. The van der Waals surface area contributed by atoms with Gasteiger partial charge in [0.1, 0.15) is 0 Å². The standard InChI is InChI=1S/C16H21N3O2S/c1-4-5-12-17-18-22(20,21)16-11-7-8-13-14(16)9-6-10-15(13)19(2)3/h6-12,18H,4-5H2,1-3H3. The van der Waals surface area contributed by atoms with Gasteiger partial charge in [0.2, 0.25) is 0 Å². The third kappa shape index (κ3) is 3.39. The van der Waals surface area contributed by atoms with Crippen LogP contribution in [-0.4, -0.2) is 28.7 Å². The van der Waals surface area contributed by atoms with Crippen LogP contribution >= 0.6 is 0 Å². The molecule has 0 atom stereocenters. The van der Waals surface area contributed by atoms with Crippen LogP contribution in [0.4, 0.5) is 5.69 Å². The first-order chi connectivity index (χ1) is 10.5. The fourth-order valence-corrected chi connectivity index (χ4v) is 3.28. The van der Waals surface area contributed by atoms with Crippen molar-refractivity contribution in [3.05, 3.63) is 36.4 Å². The highest BCUT2D eigenvalue weighted by molar-refractivity contribution is 7.89. The Hall–Kier alpha value is -2.08. The minimum absolute atomic E-state index is 0.238. The molecule has 0 spiro atoms. The molecule has 5 nitrogen and oxygen atoms in total. The van der Waals surface area contributed by atoms with Crippen LogP contribution in [0, 0.1) is 0 Å². The van der Waals surface area contributed by atoms with Gasteiger partial charge in [-0.2, -0.15) is 13.5 Å². The molecule has 118 valence electrons. The average Bonchev–Trinajstić information content (AvgIpc) is 2.50. The van der Waals surface area contributed by atoms with Gasteiger partial charge < -0.3 is 4.90 Å². The monoisotopic (exact) mass is 319 g/mol. The fourth-order valence-electron chi connectivity index (χ4n) is 2.24. The van der Waals surface area contributed by atoms with E-state index in [2.05, 4.69) is 9.93 Å². The van der Waals surface area contributed by atoms with Crippen molar-refractivity contribution in [3.63, 3.8) is 0 Å². The maximum atomic E-state index is 12.5. The largest absolute Gasteiger partial charge is 0.377 e. The van der Waals surface area contributed by atoms with Crippen LogP contribution in [0.3, 0.4) is 0 Å². The average molecular weight is 319 g/mol. The van der Waals surface area contributed by atoms with Gasteiger partial charge in [-0.15, -0.1) is 0 Å². The lowest BCUT2D eigenvalue weighted by molar-refractivity contribution is 0.585. The number of nitrogens with zero attached hydrogens (tertiary/aromatic N) is 2. The summed E-state index contributed by atoms with van der Waals surface area (Å²) in [5.41, 5.74) is 0.976. The molecule has 0 amide bonds. The van der Waals surface area contributed by atoms with E-state index in [1.165, 1.54) is 0 Å². The molecular formula is C16H21N3O2S. The quantitative estimate of drug-likeness (QED) is 0.658. The molecule has 1 N–H and O–H groups in total. The second-order valence-corrected chi connectivity index (χ2v) is 6.85. The normalized spacial score (nSPS) is 12.0. The second kappa shape index (κ2) is 6.79. The van der Waals surface area contributed by atoms with Crippen molar-refractivity contribution in [3.8, 4) is 0 Å². The molecule has 0 aliphatic carbocycles. The van der Waals surface area contributed by atoms with Crippen LogP contribution < -0.4 is 9.73 Å². The van der Waals surface area contributed by atoms with Crippen molar-refractivity contribution in [2.24, 2.45) is 5.10 Å². The molecule has 0 heterocycles. The van der Waals surface area contributed by atoms with E-state index < -0.39 is 10.0 Å². The van der Waals surface area contributed by atoms with Gasteiger partial charge in [-0.3, -0.25) is 0 Å². The number of unbranched alkanes of at least 4 members (excludes halogenated alkanes) is 1. The van der Waals surface area contributed by atoms with E-state index in [1.807, 2.05) is 50.2 Å². The maximum Gasteiger partial charge on any atom is 0.277 e. The van der Waals surface area contributed by atoms with Crippen molar-refractivity contribution in [2.45, 2.75) is 24.7 Å². The number of benzene rings is 2. The molecule has 0 fully saturated rings. The summed E-state index contributed by atoms with van der Waals surface area (Å²) in [7, 11) is 0.191. The minimum atomic E-state index is -3.68. The van der Waals surface area contributed by atoms with E-state index in [4.69, 9.17) is 0 Å². The lowest BCUT2D eigenvalue weighted by Gasteiger charge is -2.16. The van der Waals surface area contributed by atoms with Crippen LogP contribution in [-0.2, 0) is 10.0 Å². The molecule has 0 aliphatic heterocycles. The lowest BCUT2D eigenvalue weighted by atomic mass is 10.1. The number of rotatable bonds is 6. The van der Waals surface area contributed by atoms with E-state index in [1.54, 1.807) is 18.3 Å². The van der Waals surface area contributed by atoms with Crippen molar-refractivity contribution in [1.82, 2.24) is 4.83 Å². The van der Waals surface area contributed by atoms with Gasteiger partial charge in [-0.25, -0.2) is 4.83 Å². The van der Waals surface area contributed by atoms with Crippen molar-refractivity contribution < 1.29 is 8.42 Å². The minimum Gasteiger partial charge on any atom is -0.377 e. The van der Waals surface area contributed by atoms with Crippen LogP contribution in [0.5, 0.6) is 0 Å². The van der Waals surface area contributed by atoms with E-state index in [0.717, 1.165) is 23.9 Å². The van der Waals surface area contributed by atoms with Crippen molar-refractivity contribution in [1.29, 1.82) is 0 Å². The van der Waals surface area contributed by atoms with Gasteiger partial charge in [-0.1, -0.05) is 37.6 Å². The van der Waals surface area contributed by atoms with E-state index >= 15 is 0 Å². The predicted molar refractivity (Wildman–Crippen MR) is 92.0 cm³/mol. The summed E-state index contributed by atoms with van der Waals surface area (Å²) in [6.07, 6.45) is 3.24. The van der Waals surface area contributed by atoms with Crippen LogP contribution in [0.1, 0.15) is 19.8 Å². The summed E-state index contributed by atoms with van der Waals surface area (Å²) in [6.45, 7) is 2.01. The zero-order valence-electron chi connectivity index (χ0n) is 13.1.